The lowest BCUT2D eigenvalue weighted by Crippen LogP contribution is -2.38. The second-order valence-electron chi connectivity index (χ2n) is 5.27. The molecule has 2 heterocycles. The van der Waals surface area contributed by atoms with Crippen LogP contribution < -0.4 is 10.1 Å². The Balaban J connectivity index is 1.61. The Bertz CT molecular complexity index is 591. The summed E-state index contributed by atoms with van der Waals surface area (Å²) in [5.41, 5.74) is 3.81. The van der Waals surface area contributed by atoms with Crippen LogP contribution in [0.2, 0.25) is 0 Å². The minimum Gasteiger partial charge on any atom is -0.492 e. The highest BCUT2D eigenvalue weighted by molar-refractivity contribution is 5.35. The highest BCUT2D eigenvalue weighted by Crippen LogP contribution is 2.24. The van der Waals surface area contributed by atoms with Gasteiger partial charge < -0.3 is 10.1 Å². The number of nitrogens with zero attached hydrogens (tertiary/aromatic N) is 2. The van der Waals surface area contributed by atoms with Crippen LogP contribution in [-0.4, -0.2) is 22.4 Å². The van der Waals surface area contributed by atoms with E-state index in [0.29, 0.717) is 6.04 Å². The van der Waals surface area contributed by atoms with Crippen LogP contribution in [0, 0.1) is 6.92 Å². The van der Waals surface area contributed by atoms with Gasteiger partial charge in [0.05, 0.1) is 6.20 Å². The van der Waals surface area contributed by atoms with Gasteiger partial charge in [-0.1, -0.05) is 18.2 Å². The number of hydrogen-bond donors (Lipinski definition) is 1. The fraction of sp³-hybridized carbons (Fsp3) is 0.438. The van der Waals surface area contributed by atoms with Gasteiger partial charge in [-0.15, -0.1) is 0 Å². The second-order valence-corrected chi connectivity index (χ2v) is 5.27. The number of rotatable bonds is 4. The molecule has 106 valence electrons. The summed E-state index contributed by atoms with van der Waals surface area (Å²) in [4.78, 5) is 0. The minimum absolute atomic E-state index is 0.370. The van der Waals surface area contributed by atoms with Crippen molar-refractivity contribution in [3.8, 4) is 5.75 Å². The fourth-order valence-electron chi connectivity index (χ4n) is 2.69. The highest BCUT2D eigenvalue weighted by atomic mass is 16.5. The summed E-state index contributed by atoms with van der Waals surface area (Å²) in [6, 6.07) is 8.65. The normalized spacial score (nSPS) is 17.6. The lowest BCUT2D eigenvalue weighted by Gasteiger charge is -2.26. The summed E-state index contributed by atoms with van der Waals surface area (Å²) in [5, 5.41) is 7.96. The first-order valence-corrected chi connectivity index (χ1v) is 7.23. The standard InChI is InChI=1S/C16H21N3O/c1-3-19-12(2)14(10-18-19)9-17-15-8-13-6-4-5-7-16(13)20-11-15/h4-7,10,15,17H,3,8-9,11H2,1-2H3. The number of aromatic nitrogens is 2. The van der Waals surface area contributed by atoms with Crippen molar-refractivity contribution in [2.24, 2.45) is 0 Å². The van der Waals surface area contributed by atoms with Crippen molar-refractivity contribution in [1.29, 1.82) is 0 Å². The smallest absolute Gasteiger partial charge is 0.122 e. The largest absolute Gasteiger partial charge is 0.492 e. The Kier molecular flexibility index (Phi) is 3.74. The molecular formula is C16H21N3O. The van der Waals surface area contributed by atoms with Crippen LogP contribution in [0.3, 0.4) is 0 Å². The average Bonchev–Trinajstić information content (AvgIpc) is 2.85. The molecule has 20 heavy (non-hydrogen) atoms. The molecule has 1 unspecified atom stereocenters. The maximum Gasteiger partial charge on any atom is 0.122 e. The monoisotopic (exact) mass is 271 g/mol. The van der Waals surface area contributed by atoms with Crippen LogP contribution in [0.5, 0.6) is 5.75 Å². The zero-order valence-corrected chi connectivity index (χ0v) is 12.1. The average molecular weight is 271 g/mol. The van der Waals surface area contributed by atoms with E-state index in [-0.39, 0.29) is 0 Å². The zero-order valence-electron chi connectivity index (χ0n) is 12.1. The van der Waals surface area contributed by atoms with Crippen LogP contribution in [0.4, 0.5) is 0 Å². The van der Waals surface area contributed by atoms with Crippen molar-refractivity contribution < 1.29 is 4.74 Å². The van der Waals surface area contributed by atoms with E-state index in [1.165, 1.54) is 16.8 Å². The van der Waals surface area contributed by atoms with Gasteiger partial charge in [0.15, 0.2) is 0 Å². The molecule has 1 atom stereocenters. The zero-order chi connectivity index (χ0) is 13.9. The third kappa shape index (κ3) is 2.56. The summed E-state index contributed by atoms with van der Waals surface area (Å²) >= 11 is 0. The Morgan fingerprint density at radius 3 is 3.05 bits per heavy atom. The molecule has 3 rings (SSSR count). The molecule has 1 aliphatic rings. The quantitative estimate of drug-likeness (QED) is 0.927. The first kappa shape index (κ1) is 13.2. The van der Waals surface area contributed by atoms with Gasteiger partial charge in [-0.2, -0.15) is 5.10 Å². The number of benzene rings is 1. The molecule has 1 aromatic carbocycles. The fourth-order valence-corrected chi connectivity index (χ4v) is 2.69. The number of hydrogen-bond acceptors (Lipinski definition) is 3. The van der Waals surface area contributed by atoms with Crippen LogP contribution in [0.15, 0.2) is 30.5 Å². The maximum atomic E-state index is 5.80. The van der Waals surface area contributed by atoms with E-state index in [2.05, 4.69) is 36.4 Å². The van der Waals surface area contributed by atoms with E-state index in [1.807, 2.05) is 23.0 Å². The molecule has 0 aliphatic carbocycles. The van der Waals surface area contributed by atoms with E-state index >= 15 is 0 Å². The first-order chi connectivity index (χ1) is 9.78. The first-order valence-electron chi connectivity index (χ1n) is 7.23. The third-order valence-electron chi connectivity index (χ3n) is 3.96. The van der Waals surface area contributed by atoms with Gasteiger partial charge in [0.25, 0.3) is 0 Å². The maximum absolute atomic E-state index is 5.80. The van der Waals surface area contributed by atoms with Gasteiger partial charge in [0.2, 0.25) is 0 Å². The van der Waals surface area contributed by atoms with Crippen molar-refractivity contribution in [1.82, 2.24) is 15.1 Å². The van der Waals surface area contributed by atoms with Crippen LogP contribution in [-0.2, 0) is 19.5 Å². The number of nitrogens with one attached hydrogen (secondary N) is 1. The highest BCUT2D eigenvalue weighted by Gasteiger charge is 2.19. The molecule has 0 saturated carbocycles. The van der Waals surface area contributed by atoms with Gasteiger partial charge in [-0.25, -0.2) is 0 Å². The third-order valence-corrected chi connectivity index (χ3v) is 3.96. The Labute approximate surface area is 119 Å². The molecule has 4 heteroatoms. The van der Waals surface area contributed by atoms with Gasteiger partial charge in [0.1, 0.15) is 12.4 Å². The molecular weight excluding hydrogens is 250 g/mol. The SMILES string of the molecule is CCn1ncc(CNC2COc3ccccc3C2)c1C. The summed E-state index contributed by atoms with van der Waals surface area (Å²) in [6.07, 6.45) is 2.99. The molecule has 2 aromatic rings. The van der Waals surface area contributed by atoms with Crippen LogP contribution in [0.1, 0.15) is 23.7 Å². The predicted octanol–water partition coefficient (Wildman–Crippen LogP) is 2.30. The van der Waals surface area contributed by atoms with E-state index in [9.17, 15) is 0 Å². The molecule has 4 nitrogen and oxygen atoms in total. The summed E-state index contributed by atoms with van der Waals surface area (Å²) < 4.78 is 7.83. The van der Waals surface area contributed by atoms with Crippen molar-refractivity contribution in [3.63, 3.8) is 0 Å². The molecule has 0 radical (unpaired) electrons. The molecule has 0 fully saturated rings. The number of aryl methyl sites for hydroxylation is 1. The molecule has 1 aliphatic heterocycles. The van der Waals surface area contributed by atoms with Crippen molar-refractivity contribution >= 4 is 0 Å². The van der Waals surface area contributed by atoms with Crippen molar-refractivity contribution in [2.75, 3.05) is 6.61 Å². The van der Waals surface area contributed by atoms with Gasteiger partial charge >= 0.3 is 0 Å². The molecule has 1 N–H and O–H groups in total. The predicted molar refractivity (Wildman–Crippen MR) is 78.9 cm³/mol. The lowest BCUT2D eigenvalue weighted by molar-refractivity contribution is 0.238. The van der Waals surface area contributed by atoms with Gasteiger partial charge in [-0.05, 0) is 31.9 Å². The number of fused-ring (bicyclic) bond motifs is 1. The van der Waals surface area contributed by atoms with Crippen LogP contribution >= 0.6 is 0 Å². The Hall–Kier alpha value is -1.81. The number of para-hydroxylation sites is 1. The summed E-state index contributed by atoms with van der Waals surface area (Å²) in [6.45, 7) is 6.75. The van der Waals surface area contributed by atoms with Crippen LogP contribution in [0.25, 0.3) is 0 Å². The van der Waals surface area contributed by atoms with E-state index in [0.717, 1.165) is 31.9 Å². The minimum atomic E-state index is 0.370. The Morgan fingerprint density at radius 1 is 1.40 bits per heavy atom. The Morgan fingerprint density at radius 2 is 2.25 bits per heavy atom. The lowest BCUT2D eigenvalue weighted by atomic mass is 10.0. The van der Waals surface area contributed by atoms with Gasteiger partial charge in [-0.3, -0.25) is 4.68 Å². The molecule has 0 bridgehead atoms. The second kappa shape index (κ2) is 5.67. The topological polar surface area (TPSA) is 39.1 Å². The number of ether oxygens (including phenoxy) is 1. The molecule has 1 aromatic heterocycles. The summed E-state index contributed by atoms with van der Waals surface area (Å²) in [7, 11) is 0. The molecule has 0 amide bonds. The summed E-state index contributed by atoms with van der Waals surface area (Å²) in [5.74, 6) is 1.03. The van der Waals surface area contributed by atoms with Crippen molar-refractivity contribution in [2.45, 2.75) is 39.4 Å². The van der Waals surface area contributed by atoms with E-state index in [1.54, 1.807) is 0 Å². The molecule has 0 saturated heterocycles. The van der Waals surface area contributed by atoms with E-state index in [4.69, 9.17) is 4.74 Å². The molecule has 0 spiro atoms. The van der Waals surface area contributed by atoms with E-state index < -0.39 is 0 Å². The van der Waals surface area contributed by atoms with Gasteiger partial charge in [0, 0.05) is 30.4 Å². The van der Waals surface area contributed by atoms with Crippen molar-refractivity contribution in [3.05, 3.63) is 47.3 Å².